The van der Waals surface area contributed by atoms with Gasteiger partial charge >= 0.3 is 0 Å². The standard InChI is InChI=1S/C76H103ClF2N6O4/c1-4-89-50-76-42-68(23-18-58(76)19-24-69(41-68,43-76)63(86)85-62-22-29-80-34-61(62)79)54-10-12-55(13-11-54)71-35-66(25-27-77)36-72(45-71,48-74(39-66,47-71)64(87)83-59-20-30-81-51(2)32-59)56-14-16-57(17-15-56)73-38-67(26-28-78)37-70(44-73,53-8-6-5-7-9-53)46-75(40-67,49-73)65(88)84-60-21-31-82-52(3)33-60/h5-17,51-52,58-62,80-82H,4,18-50H2,1-3H3,(H,83,87)(H,84,88)(H,85,86)/t51-,52-,58?,59-,60-,61-,62-,66+,67-,68-,69?,70-,71?,72-,73?,74?,75?,76+/m0/s1. The quantitative estimate of drug-likeness (QED) is 0.0699. The molecule has 18 atom stereocenters. The van der Waals surface area contributed by atoms with E-state index in [9.17, 15) is 0 Å². The molecule has 3 amide bonds. The zero-order chi connectivity index (χ0) is 61.3. The van der Waals surface area contributed by atoms with Crippen molar-refractivity contribution in [2.45, 2.75) is 251 Å². The third-order valence-electron chi connectivity index (χ3n) is 27.7. The Labute approximate surface area is 534 Å². The topological polar surface area (TPSA) is 133 Å². The van der Waals surface area contributed by atoms with Gasteiger partial charge in [-0.2, -0.15) is 0 Å². The minimum atomic E-state index is -1.10. The maximum atomic E-state index is 15.9. The second-order valence-corrected chi connectivity index (χ2v) is 34.1. The number of amides is 3. The van der Waals surface area contributed by atoms with Crippen molar-refractivity contribution in [1.29, 1.82) is 0 Å². The van der Waals surface area contributed by atoms with Crippen molar-refractivity contribution in [3.8, 4) is 0 Å². The van der Waals surface area contributed by atoms with Gasteiger partial charge in [-0.3, -0.25) is 18.8 Å². The van der Waals surface area contributed by atoms with Gasteiger partial charge in [0.05, 0.1) is 35.6 Å². The number of carbonyl (C=O) groups excluding carboxylic acids is 3. The Kier molecular flexibility index (Phi) is 15.4. The van der Waals surface area contributed by atoms with E-state index in [0.717, 1.165) is 167 Å². The highest BCUT2D eigenvalue weighted by Gasteiger charge is 2.73. The zero-order valence-corrected chi connectivity index (χ0v) is 54.6. The van der Waals surface area contributed by atoms with Gasteiger partial charge in [-0.15, -0.1) is 11.6 Å². The number of halogens is 3. The van der Waals surface area contributed by atoms with Gasteiger partial charge in [0, 0.05) is 43.2 Å². The maximum Gasteiger partial charge on any atom is 0.226 e. The summed E-state index contributed by atoms with van der Waals surface area (Å²) in [6.45, 7) is 10.2. The van der Waals surface area contributed by atoms with Crippen LogP contribution in [0.1, 0.15) is 216 Å². The van der Waals surface area contributed by atoms with Crippen LogP contribution in [-0.2, 0) is 46.2 Å². The van der Waals surface area contributed by atoms with Crippen LogP contribution in [0.15, 0.2) is 78.9 Å². The molecule has 3 aromatic rings. The van der Waals surface area contributed by atoms with Crippen LogP contribution in [0.4, 0.5) is 8.78 Å². The molecule has 482 valence electrons. The monoisotopic (exact) mass is 1240 g/mol. The fourth-order valence-corrected chi connectivity index (χ4v) is 26.0. The van der Waals surface area contributed by atoms with Crippen LogP contribution in [0.5, 0.6) is 0 Å². The van der Waals surface area contributed by atoms with Crippen molar-refractivity contribution in [1.82, 2.24) is 31.9 Å². The van der Waals surface area contributed by atoms with Gasteiger partial charge in [-0.05, 0) is 284 Å². The normalized spacial score (nSPS) is 44.9. The molecule has 6 N–H and O–H groups in total. The first kappa shape index (κ1) is 61.3. The van der Waals surface area contributed by atoms with Gasteiger partial charge in [0.15, 0.2) is 0 Å². The van der Waals surface area contributed by atoms with E-state index in [1.54, 1.807) is 0 Å². The predicted octanol–water partition coefficient (Wildman–Crippen LogP) is 12.7. The molecule has 14 fully saturated rings. The average Bonchev–Trinajstić information content (AvgIpc) is 0.686. The second-order valence-electron chi connectivity index (χ2n) is 33.8. The average molecular weight is 1240 g/mol. The van der Waals surface area contributed by atoms with Crippen LogP contribution < -0.4 is 31.9 Å². The molecule has 17 rings (SSSR count). The molecule has 0 aromatic heterocycles. The molecular formula is C76H103ClF2N6O4. The Morgan fingerprint density at radius 3 is 1.52 bits per heavy atom. The fraction of sp³-hybridized carbons (Fsp3) is 0.724. The van der Waals surface area contributed by atoms with E-state index >= 15 is 23.2 Å². The van der Waals surface area contributed by atoms with Gasteiger partial charge in [0.1, 0.15) is 6.17 Å². The van der Waals surface area contributed by atoms with Crippen LogP contribution in [0.2, 0.25) is 0 Å². The Balaban J connectivity index is 0.804. The molecule has 11 saturated carbocycles. The van der Waals surface area contributed by atoms with E-state index in [1.807, 2.05) is 0 Å². The van der Waals surface area contributed by atoms with E-state index in [1.165, 1.54) is 27.8 Å². The number of nitrogens with one attached hydrogen (secondary N) is 6. The molecule has 10 nitrogen and oxygen atoms in total. The highest BCUT2D eigenvalue weighted by atomic mass is 35.5. The third-order valence-corrected chi connectivity index (χ3v) is 27.9. The SMILES string of the molecule is CCOC[C@@]12CC3(C(=O)N[C@H]4CCNC[C@@H]4F)CCC1CC[C@](c1ccc(C45CC6(C(=O)N[C@H]7CCN[C@@H](C)C7)C[C@](CCCl)(C4)C[C@@](c4ccc(C78CC9(C(=O)N[C@H]%10CCN[C@@H](C)C%10)C[C@](CCF)(C7)C[C@@](c7ccccc7)(C9)C8)cc4)(C6)C5)cc1)(C3)C2. The van der Waals surface area contributed by atoms with Gasteiger partial charge in [0.2, 0.25) is 17.7 Å². The Hall–Kier alpha value is -3.94. The Morgan fingerprint density at radius 1 is 0.539 bits per heavy atom. The van der Waals surface area contributed by atoms with Gasteiger partial charge in [-0.25, -0.2) is 4.39 Å². The minimum Gasteiger partial charge on any atom is -0.381 e. The molecule has 3 aromatic carbocycles. The summed E-state index contributed by atoms with van der Waals surface area (Å²) in [6.07, 6.45) is 21.5. The number of ether oxygens (including phenoxy) is 1. The van der Waals surface area contributed by atoms with Crippen molar-refractivity contribution in [2.24, 2.45) is 38.4 Å². The molecule has 3 aliphatic heterocycles. The Morgan fingerprint density at radius 2 is 1.02 bits per heavy atom. The highest BCUT2D eigenvalue weighted by molar-refractivity contribution is 6.17. The second kappa shape index (κ2) is 22.4. The molecule has 3 heterocycles. The summed E-state index contributed by atoms with van der Waals surface area (Å²) in [6, 6.07) is 31.1. The summed E-state index contributed by atoms with van der Waals surface area (Å²) in [4.78, 5) is 46.4. The number of alkyl halides is 3. The van der Waals surface area contributed by atoms with Crippen LogP contribution in [0, 0.1) is 38.4 Å². The molecular weight excluding hydrogens is 1130 g/mol. The number of hydrogen-bond donors (Lipinski definition) is 6. The summed E-state index contributed by atoms with van der Waals surface area (Å²) in [5.41, 5.74) is 2.76. The largest absolute Gasteiger partial charge is 0.381 e. The van der Waals surface area contributed by atoms with E-state index in [2.05, 4.69) is 132 Å². The van der Waals surface area contributed by atoms with Gasteiger partial charge < -0.3 is 36.6 Å². The third kappa shape index (κ3) is 10.2. The van der Waals surface area contributed by atoms with E-state index in [0.29, 0.717) is 56.5 Å². The van der Waals surface area contributed by atoms with Crippen LogP contribution in [0.3, 0.4) is 0 Å². The summed E-state index contributed by atoms with van der Waals surface area (Å²) in [5.74, 6) is 1.51. The number of carbonyl (C=O) groups is 3. The van der Waals surface area contributed by atoms with Gasteiger partial charge in [0.25, 0.3) is 0 Å². The number of benzene rings is 3. The lowest BCUT2D eigenvalue weighted by molar-refractivity contribution is -0.171. The smallest absolute Gasteiger partial charge is 0.226 e. The molecule has 3 saturated heterocycles. The van der Waals surface area contributed by atoms with Crippen molar-refractivity contribution in [3.63, 3.8) is 0 Å². The lowest BCUT2D eigenvalue weighted by Gasteiger charge is -2.71. The van der Waals surface area contributed by atoms with Crippen LogP contribution >= 0.6 is 11.6 Å². The summed E-state index contributed by atoms with van der Waals surface area (Å²) in [5, 5.41) is 21.2. The van der Waals surface area contributed by atoms with Crippen LogP contribution in [-0.4, -0.2) is 106 Å². The molecule has 11 bridgehead atoms. The zero-order valence-electron chi connectivity index (χ0n) is 53.9. The first-order chi connectivity index (χ1) is 42.8. The lowest BCUT2D eigenvalue weighted by atomic mass is 9.32. The summed E-state index contributed by atoms with van der Waals surface area (Å²) >= 11 is 7.07. The van der Waals surface area contributed by atoms with Crippen LogP contribution in [0.25, 0.3) is 0 Å². The van der Waals surface area contributed by atoms with Crippen molar-refractivity contribution < 1.29 is 27.9 Å². The first-order valence-electron chi connectivity index (χ1n) is 35.5. The van der Waals surface area contributed by atoms with Crippen molar-refractivity contribution in [2.75, 3.05) is 51.9 Å². The number of hydrogen-bond acceptors (Lipinski definition) is 7. The van der Waals surface area contributed by atoms with E-state index in [4.69, 9.17) is 16.3 Å². The summed E-state index contributed by atoms with van der Waals surface area (Å²) < 4.78 is 37.3. The number of piperidine rings is 3. The molecule has 11 aliphatic carbocycles. The predicted molar refractivity (Wildman–Crippen MR) is 348 cm³/mol. The molecule has 89 heavy (non-hydrogen) atoms. The minimum absolute atomic E-state index is 0.0525. The Bertz CT molecular complexity index is 3180. The highest BCUT2D eigenvalue weighted by Crippen LogP contribution is 2.78. The summed E-state index contributed by atoms with van der Waals surface area (Å²) in [7, 11) is 0. The molecule has 0 radical (unpaired) electrons. The van der Waals surface area contributed by atoms with Crippen molar-refractivity contribution >= 4 is 29.3 Å². The molecule has 13 heteroatoms. The number of rotatable bonds is 18. The van der Waals surface area contributed by atoms with Gasteiger partial charge in [-0.1, -0.05) is 78.9 Å². The van der Waals surface area contributed by atoms with Crippen molar-refractivity contribution in [3.05, 3.63) is 107 Å². The first-order valence-corrected chi connectivity index (χ1v) is 36.1. The van der Waals surface area contributed by atoms with E-state index < -0.39 is 28.5 Å². The molecule has 14 aliphatic rings. The maximum absolute atomic E-state index is 15.9. The molecule has 0 spiro atoms. The molecule has 6 unspecified atom stereocenters. The fourth-order valence-electron chi connectivity index (χ4n) is 25.6. The number of fused-ring (bicyclic) bond motifs is 2. The lowest BCUT2D eigenvalue weighted by Crippen LogP contribution is -2.68. The van der Waals surface area contributed by atoms with E-state index in [-0.39, 0.29) is 86.3 Å².